The largest absolute Gasteiger partial charge is 0.487 e. The highest BCUT2D eigenvalue weighted by Gasteiger charge is 2.39. The molecule has 1 aromatic rings. The van der Waals surface area contributed by atoms with E-state index in [2.05, 4.69) is 24.8 Å². The molecule has 3 nitrogen and oxygen atoms in total. The Kier molecular flexibility index (Phi) is 4.17. The number of nitrogens with zero attached hydrogens (tertiary/aromatic N) is 1. The second-order valence-corrected chi connectivity index (χ2v) is 6.90. The number of halogens is 1. The lowest BCUT2D eigenvalue weighted by Crippen LogP contribution is -2.50. The Morgan fingerprint density at radius 3 is 2.67 bits per heavy atom. The van der Waals surface area contributed by atoms with Gasteiger partial charge in [-0.05, 0) is 62.3 Å². The molecule has 0 aromatic heterocycles. The van der Waals surface area contributed by atoms with E-state index in [1.54, 1.807) is 0 Å². The highest BCUT2D eigenvalue weighted by atomic mass is 35.5. The fourth-order valence-electron chi connectivity index (χ4n) is 3.72. The van der Waals surface area contributed by atoms with Crippen molar-refractivity contribution in [2.75, 3.05) is 26.2 Å². The Morgan fingerprint density at radius 1 is 1.29 bits per heavy atom. The quantitative estimate of drug-likeness (QED) is 0.912. The Balaban J connectivity index is 1.79. The summed E-state index contributed by atoms with van der Waals surface area (Å²) in [5.41, 5.74) is 9.31. The average molecular weight is 309 g/mol. The molecule has 1 saturated heterocycles. The van der Waals surface area contributed by atoms with E-state index in [1.807, 2.05) is 0 Å². The second kappa shape index (κ2) is 5.79. The molecule has 116 valence electrons. The first-order valence-corrected chi connectivity index (χ1v) is 8.32. The molecule has 4 heteroatoms. The van der Waals surface area contributed by atoms with Crippen LogP contribution in [0.1, 0.15) is 36.0 Å². The molecule has 2 heterocycles. The standard InChI is InChI=1S/C17H25ClN2O/c1-12-11-15-14(13(2)16(12)18)3-4-17(21-15)5-8-20(9-6-17)10-7-19/h11H,3-10,19H2,1-2H3. The van der Waals surface area contributed by atoms with Crippen molar-refractivity contribution < 1.29 is 4.74 Å². The van der Waals surface area contributed by atoms with Gasteiger partial charge >= 0.3 is 0 Å². The van der Waals surface area contributed by atoms with Crippen molar-refractivity contribution in [3.05, 3.63) is 27.8 Å². The lowest BCUT2D eigenvalue weighted by atomic mass is 9.82. The van der Waals surface area contributed by atoms with Crippen molar-refractivity contribution in [3.63, 3.8) is 0 Å². The third-order valence-electron chi connectivity index (χ3n) is 5.14. The topological polar surface area (TPSA) is 38.5 Å². The predicted octanol–water partition coefficient (Wildman–Crippen LogP) is 3.08. The van der Waals surface area contributed by atoms with Gasteiger partial charge in [-0.1, -0.05) is 11.6 Å². The summed E-state index contributed by atoms with van der Waals surface area (Å²) in [6.07, 6.45) is 4.40. The molecule has 2 aliphatic rings. The number of benzene rings is 1. The van der Waals surface area contributed by atoms with Crippen LogP contribution >= 0.6 is 11.6 Å². The van der Waals surface area contributed by atoms with Gasteiger partial charge in [0.2, 0.25) is 0 Å². The van der Waals surface area contributed by atoms with Gasteiger partial charge in [0, 0.05) is 31.2 Å². The smallest absolute Gasteiger partial charge is 0.123 e. The van der Waals surface area contributed by atoms with Crippen LogP contribution in [0.4, 0.5) is 0 Å². The van der Waals surface area contributed by atoms with E-state index in [9.17, 15) is 0 Å². The molecule has 1 fully saturated rings. The summed E-state index contributed by atoms with van der Waals surface area (Å²) in [6.45, 7) is 8.10. The van der Waals surface area contributed by atoms with Gasteiger partial charge in [-0.25, -0.2) is 0 Å². The van der Waals surface area contributed by atoms with Gasteiger partial charge in [0.05, 0.1) is 0 Å². The van der Waals surface area contributed by atoms with Crippen LogP contribution in [0, 0.1) is 13.8 Å². The van der Waals surface area contributed by atoms with Gasteiger partial charge in [0.25, 0.3) is 0 Å². The molecular weight excluding hydrogens is 284 g/mol. The van der Waals surface area contributed by atoms with Crippen molar-refractivity contribution in [1.29, 1.82) is 0 Å². The summed E-state index contributed by atoms with van der Waals surface area (Å²) >= 11 is 6.37. The molecule has 1 aromatic carbocycles. The van der Waals surface area contributed by atoms with Crippen molar-refractivity contribution in [1.82, 2.24) is 4.90 Å². The molecule has 2 aliphatic heterocycles. The first kappa shape index (κ1) is 15.1. The summed E-state index contributed by atoms with van der Waals surface area (Å²) in [5.74, 6) is 1.06. The van der Waals surface area contributed by atoms with Crippen LogP contribution in [0.15, 0.2) is 6.07 Å². The predicted molar refractivity (Wildman–Crippen MR) is 87.3 cm³/mol. The highest BCUT2D eigenvalue weighted by Crippen LogP contribution is 2.42. The van der Waals surface area contributed by atoms with Gasteiger partial charge in [0.15, 0.2) is 0 Å². The molecule has 2 N–H and O–H groups in total. The van der Waals surface area contributed by atoms with Crippen LogP contribution < -0.4 is 10.5 Å². The fraction of sp³-hybridized carbons (Fsp3) is 0.647. The van der Waals surface area contributed by atoms with Crippen LogP contribution in [-0.2, 0) is 6.42 Å². The number of piperidine rings is 1. The number of likely N-dealkylation sites (tertiary alicyclic amines) is 1. The zero-order chi connectivity index (χ0) is 15.0. The normalized spacial score (nSPS) is 21.1. The third-order valence-corrected chi connectivity index (χ3v) is 5.72. The number of ether oxygens (including phenoxy) is 1. The number of aryl methyl sites for hydroxylation is 1. The van der Waals surface area contributed by atoms with E-state index in [0.29, 0.717) is 0 Å². The van der Waals surface area contributed by atoms with Crippen LogP contribution in [0.25, 0.3) is 0 Å². The van der Waals surface area contributed by atoms with Crippen LogP contribution in [-0.4, -0.2) is 36.7 Å². The maximum atomic E-state index is 6.49. The first-order chi connectivity index (χ1) is 10.0. The van der Waals surface area contributed by atoms with Crippen molar-refractivity contribution in [2.24, 2.45) is 5.73 Å². The lowest BCUT2D eigenvalue weighted by Gasteiger charge is -2.45. The summed E-state index contributed by atoms with van der Waals surface area (Å²) in [6, 6.07) is 2.12. The van der Waals surface area contributed by atoms with E-state index in [1.165, 1.54) is 11.1 Å². The fourth-order valence-corrected chi connectivity index (χ4v) is 3.89. The van der Waals surface area contributed by atoms with Gasteiger partial charge in [-0.15, -0.1) is 0 Å². The van der Waals surface area contributed by atoms with Crippen LogP contribution in [0.2, 0.25) is 5.02 Å². The second-order valence-electron chi connectivity index (χ2n) is 6.52. The summed E-state index contributed by atoms with van der Waals surface area (Å²) in [5, 5.41) is 0.895. The van der Waals surface area contributed by atoms with Gasteiger partial charge in [-0.2, -0.15) is 0 Å². The minimum absolute atomic E-state index is 0.0325. The van der Waals surface area contributed by atoms with E-state index >= 15 is 0 Å². The monoisotopic (exact) mass is 308 g/mol. The molecule has 0 radical (unpaired) electrons. The van der Waals surface area contributed by atoms with Gasteiger partial charge < -0.3 is 15.4 Å². The molecule has 0 bridgehead atoms. The Bertz CT molecular complexity index is 536. The number of hydrogen-bond acceptors (Lipinski definition) is 3. The van der Waals surface area contributed by atoms with Crippen LogP contribution in [0.5, 0.6) is 5.75 Å². The zero-order valence-corrected chi connectivity index (χ0v) is 13.8. The first-order valence-electron chi connectivity index (χ1n) is 7.95. The molecule has 1 spiro atoms. The summed E-state index contributed by atoms with van der Waals surface area (Å²) in [7, 11) is 0. The summed E-state index contributed by atoms with van der Waals surface area (Å²) < 4.78 is 6.49. The molecule has 0 unspecified atom stereocenters. The number of fused-ring (bicyclic) bond motifs is 1. The molecule has 0 saturated carbocycles. The molecular formula is C17H25ClN2O. The van der Waals surface area contributed by atoms with E-state index < -0.39 is 0 Å². The molecule has 0 aliphatic carbocycles. The van der Waals surface area contributed by atoms with Crippen molar-refractivity contribution in [2.45, 2.75) is 45.1 Å². The van der Waals surface area contributed by atoms with Crippen molar-refractivity contribution >= 4 is 11.6 Å². The van der Waals surface area contributed by atoms with Gasteiger partial charge in [-0.3, -0.25) is 0 Å². The van der Waals surface area contributed by atoms with Gasteiger partial charge in [0.1, 0.15) is 11.4 Å². The Hall–Kier alpha value is -0.770. The lowest BCUT2D eigenvalue weighted by molar-refractivity contribution is -0.0138. The van der Waals surface area contributed by atoms with E-state index in [4.69, 9.17) is 22.1 Å². The zero-order valence-electron chi connectivity index (χ0n) is 13.0. The van der Waals surface area contributed by atoms with E-state index in [0.717, 1.165) is 68.2 Å². The van der Waals surface area contributed by atoms with Crippen LogP contribution in [0.3, 0.4) is 0 Å². The number of rotatable bonds is 2. The molecule has 0 amide bonds. The van der Waals surface area contributed by atoms with Crippen molar-refractivity contribution in [3.8, 4) is 5.75 Å². The maximum Gasteiger partial charge on any atom is 0.123 e. The summed E-state index contributed by atoms with van der Waals surface area (Å²) in [4.78, 5) is 2.45. The van der Waals surface area contributed by atoms with E-state index in [-0.39, 0.29) is 5.60 Å². The molecule has 21 heavy (non-hydrogen) atoms. The number of hydrogen-bond donors (Lipinski definition) is 1. The minimum atomic E-state index is 0.0325. The molecule has 0 atom stereocenters. The SMILES string of the molecule is Cc1cc2c(c(C)c1Cl)CCC1(CCN(CCN)CC1)O2. The maximum absolute atomic E-state index is 6.49. The Labute approximate surface area is 132 Å². The average Bonchev–Trinajstić information content (AvgIpc) is 2.48. The Morgan fingerprint density at radius 2 is 2.00 bits per heavy atom. The third kappa shape index (κ3) is 2.79. The minimum Gasteiger partial charge on any atom is -0.487 e. The highest BCUT2D eigenvalue weighted by molar-refractivity contribution is 6.32. The molecule has 3 rings (SSSR count). The number of nitrogens with two attached hydrogens (primary N) is 1.